The molecular formula is C23H23Cl2N3O4S. The largest absolute Gasteiger partial charge is 0.455 e. The fraction of sp³-hybridized carbons (Fsp3) is 0.217. The molecule has 0 saturated heterocycles. The first-order valence-corrected chi connectivity index (χ1v) is 12.3. The number of hydrazone groups is 1. The highest BCUT2D eigenvalue weighted by Crippen LogP contribution is 2.29. The van der Waals surface area contributed by atoms with Crippen LogP contribution < -0.4 is 10.1 Å². The molecule has 7 nitrogen and oxygen atoms in total. The maximum Gasteiger partial charge on any atom is 0.258 e. The number of nitrogens with one attached hydrogen (secondary N) is 2. The molecule has 1 atom stereocenters. The standard InChI is InChI=1S/C23H23Cl2N3O4S/c1-14(2)22(28-33(30,31)18-8-4-15(3)5-9-18)23(29)27-26-13-17-7-11-21(32-17)16-6-10-19(24)20(25)12-16/h4-14,22,28H,1-3H3,(H,27,29)/b26-13-/t22-/m0/s1. The molecule has 0 fully saturated rings. The molecule has 174 valence electrons. The summed E-state index contributed by atoms with van der Waals surface area (Å²) in [5, 5.41) is 4.74. The quantitative estimate of drug-likeness (QED) is 0.330. The van der Waals surface area contributed by atoms with Gasteiger partial charge < -0.3 is 4.42 Å². The van der Waals surface area contributed by atoms with Gasteiger partial charge >= 0.3 is 0 Å². The molecule has 2 N–H and O–H groups in total. The van der Waals surface area contributed by atoms with E-state index in [2.05, 4.69) is 15.2 Å². The van der Waals surface area contributed by atoms with E-state index in [1.807, 2.05) is 6.92 Å². The Morgan fingerprint density at radius 3 is 2.36 bits per heavy atom. The van der Waals surface area contributed by atoms with Crippen LogP contribution in [0.3, 0.4) is 0 Å². The number of rotatable bonds is 8. The maximum atomic E-state index is 12.7. The summed E-state index contributed by atoms with van der Waals surface area (Å²) in [6.45, 7) is 5.34. The molecule has 3 rings (SSSR count). The molecule has 3 aromatic rings. The van der Waals surface area contributed by atoms with Crippen molar-refractivity contribution in [2.75, 3.05) is 0 Å². The van der Waals surface area contributed by atoms with E-state index >= 15 is 0 Å². The van der Waals surface area contributed by atoms with Crippen molar-refractivity contribution in [1.29, 1.82) is 0 Å². The van der Waals surface area contributed by atoms with Crippen molar-refractivity contribution in [2.45, 2.75) is 31.7 Å². The van der Waals surface area contributed by atoms with Gasteiger partial charge in [-0.1, -0.05) is 54.7 Å². The monoisotopic (exact) mass is 507 g/mol. The number of benzene rings is 2. The smallest absolute Gasteiger partial charge is 0.258 e. The molecule has 1 heterocycles. The van der Waals surface area contributed by atoms with Crippen molar-refractivity contribution in [3.63, 3.8) is 0 Å². The molecule has 1 aromatic heterocycles. The molecule has 0 aliphatic heterocycles. The predicted molar refractivity (Wildman–Crippen MR) is 130 cm³/mol. The number of carbonyl (C=O) groups excluding carboxylic acids is 1. The summed E-state index contributed by atoms with van der Waals surface area (Å²) < 4.78 is 33.5. The molecule has 0 unspecified atom stereocenters. The topological polar surface area (TPSA) is 101 Å². The van der Waals surface area contributed by atoms with Crippen LogP contribution in [0.25, 0.3) is 11.3 Å². The second kappa shape index (κ2) is 10.5. The molecule has 0 radical (unpaired) electrons. The second-order valence-corrected chi connectivity index (χ2v) is 10.2. The zero-order valence-corrected chi connectivity index (χ0v) is 20.5. The molecule has 1 amide bonds. The number of nitrogens with zero attached hydrogens (tertiary/aromatic N) is 1. The number of halogens is 2. The normalized spacial score (nSPS) is 12.9. The lowest BCUT2D eigenvalue weighted by molar-refractivity contribution is -0.123. The Labute approximate surface area is 202 Å². The van der Waals surface area contributed by atoms with E-state index in [4.69, 9.17) is 27.6 Å². The molecule has 10 heteroatoms. The molecule has 0 aliphatic rings. The van der Waals surface area contributed by atoms with Crippen molar-refractivity contribution in [3.05, 3.63) is 76.0 Å². The first-order chi connectivity index (χ1) is 15.6. The number of aryl methyl sites for hydroxylation is 1. The van der Waals surface area contributed by atoms with Crippen LogP contribution in [0.2, 0.25) is 10.0 Å². The van der Waals surface area contributed by atoms with Gasteiger partial charge in [-0.25, -0.2) is 13.8 Å². The Kier molecular flexibility index (Phi) is 7.97. The Balaban J connectivity index is 1.67. The van der Waals surface area contributed by atoms with Gasteiger partial charge in [0.1, 0.15) is 17.6 Å². The second-order valence-electron chi connectivity index (χ2n) is 7.72. The summed E-state index contributed by atoms with van der Waals surface area (Å²) in [6.07, 6.45) is 1.32. The third-order valence-corrected chi connectivity index (χ3v) is 6.96. The number of carbonyl (C=O) groups is 1. The lowest BCUT2D eigenvalue weighted by Gasteiger charge is -2.20. The van der Waals surface area contributed by atoms with Crippen LogP contribution in [0.15, 0.2) is 69.0 Å². The first-order valence-electron chi connectivity index (χ1n) is 10.0. The van der Waals surface area contributed by atoms with Crippen LogP contribution in [0.5, 0.6) is 0 Å². The maximum absolute atomic E-state index is 12.7. The molecule has 0 aliphatic carbocycles. The Morgan fingerprint density at radius 2 is 1.73 bits per heavy atom. The highest BCUT2D eigenvalue weighted by Gasteiger charge is 2.28. The van der Waals surface area contributed by atoms with Crippen LogP contribution in [0.1, 0.15) is 25.2 Å². The van der Waals surface area contributed by atoms with Crippen LogP contribution in [-0.2, 0) is 14.8 Å². The molecule has 0 saturated carbocycles. The van der Waals surface area contributed by atoms with Gasteiger partial charge in [-0.2, -0.15) is 9.82 Å². The minimum atomic E-state index is -3.88. The molecule has 2 aromatic carbocycles. The van der Waals surface area contributed by atoms with Crippen LogP contribution in [0, 0.1) is 12.8 Å². The Bertz CT molecular complexity index is 1270. The van der Waals surface area contributed by atoms with Gasteiger partial charge in [0.25, 0.3) is 5.91 Å². The third-order valence-electron chi connectivity index (χ3n) is 4.76. The van der Waals surface area contributed by atoms with E-state index in [0.29, 0.717) is 21.6 Å². The van der Waals surface area contributed by atoms with Crippen LogP contribution >= 0.6 is 23.2 Å². The average Bonchev–Trinajstić information content (AvgIpc) is 3.23. The lowest BCUT2D eigenvalue weighted by atomic mass is 10.1. The van der Waals surface area contributed by atoms with Gasteiger partial charge in [0.05, 0.1) is 21.2 Å². The summed E-state index contributed by atoms with van der Waals surface area (Å²) in [5.41, 5.74) is 4.03. The van der Waals surface area contributed by atoms with Gasteiger partial charge in [-0.15, -0.1) is 0 Å². The van der Waals surface area contributed by atoms with E-state index in [-0.39, 0.29) is 10.8 Å². The van der Waals surface area contributed by atoms with E-state index in [0.717, 1.165) is 11.1 Å². The van der Waals surface area contributed by atoms with Gasteiger partial charge in [0, 0.05) is 5.56 Å². The zero-order valence-electron chi connectivity index (χ0n) is 18.2. The SMILES string of the molecule is Cc1ccc(S(=O)(=O)N[C@H](C(=O)N/N=C\c2ccc(-c3ccc(Cl)c(Cl)c3)o2)C(C)C)cc1. The highest BCUT2D eigenvalue weighted by atomic mass is 35.5. The third kappa shape index (κ3) is 6.45. The van der Waals surface area contributed by atoms with E-state index in [9.17, 15) is 13.2 Å². The molecule has 0 bridgehead atoms. The summed E-state index contributed by atoms with van der Waals surface area (Å²) >= 11 is 12.0. The predicted octanol–water partition coefficient (Wildman–Crippen LogP) is 5.02. The minimum Gasteiger partial charge on any atom is -0.455 e. The van der Waals surface area contributed by atoms with Gasteiger partial charge in [-0.05, 0) is 55.3 Å². The summed E-state index contributed by atoms with van der Waals surface area (Å²) in [5.74, 6) is 0.0310. The van der Waals surface area contributed by atoms with Crippen molar-refractivity contribution in [3.8, 4) is 11.3 Å². The fourth-order valence-corrected chi connectivity index (χ4v) is 4.54. The number of furan rings is 1. The lowest BCUT2D eigenvalue weighted by Crippen LogP contribution is -2.48. The van der Waals surface area contributed by atoms with E-state index in [1.165, 1.54) is 18.3 Å². The first kappa shape index (κ1) is 25.0. The molecule has 0 spiro atoms. The average molecular weight is 508 g/mol. The minimum absolute atomic E-state index is 0.0838. The number of hydrogen-bond donors (Lipinski definition) is 2. The van der Waals surface area contributed by atoms with Crippen molar-refractivity contribution in [2.24, 2.45) is 11.0 Å². The Morgan fingerprint density at radius 1 is 1.03 bits per heavy atom. The van der Waals surface area contributed by atoms with E-state index in [1.54, 1.807) is 56.3 Å². The van der Waals surface area contributed by atoms with Crippen molar-refractivity contribution >= 4 is 45.3 Å². The summed E-state index contributed by atoms with van der Waals surface area (Å²) in [7, 11) is -3.88. The van der Waals surface area contributed by atoms with Crippen LogP contribution in [0.4, 0.5) is 0 Å². The van der Waals surface area contributed by atoms with Gasteiger partial charge in [0.2, 0.25) is 10.0 Å². The highest BCUT2D eigenvalue weighted by molar-refractivity contribution is 7.89. The number of sulfonamides is 1. The van der Waals surface area contributed by atoms with Gasteiger partial charge in [-0.3, -0.25) is 4.79 Å². The Hall–Kier alpha value is -2.65. The fourth-order valence-electron chi connectivity index (χ4n) is 2.90. The summed E-state index contributed by atoms with van der Waals surface area (Å²) in [6, 6.07) is 13.9. The van der Waals surface area contributed by atoms with Crippen molar-refractivity contribution < 1.29 is 17.6 Å². The summed E-state index contributed by atoms with van der Waals surface area (Å²) in [4.78, 5) is 12.7. The zero-order chi connectivity index (χ0) is 24.2. The van der Waals surface area contributed by atoms with E-state index < -0.39 is 22.0 Å². The number of amides is 1. The van der Waals surface area contributed by atoms with Crippen molar-refractivity contribution in [1.82, 2.24) is 10.1 Å². The van der Waals surface area contributed by atoms with Crippen LogP contribution in [-0.4, -0.2) is 26.6 Å². The molecule has 33 heavy (non-hydrogen) atoms. The number of hydrogen-bond acceptors (Lipinski definition) is 5. The molecular weight excluding hydrogens is 485 g/mol. The van der Waals surface area contributed by atoms with Gasteiger partial charge in [0.15, 0.2) is 0 Å².